The Morgan fingerprint density at radius 2 is 1.62 bits per heavy atom. The molecule has 1 aliphatic rings. The number of phenolic OH excluding ortho intramolecular Hbond substituents is 3. The number of aliphatic hydroxyl groups is 1. The van der Waals surface area contributed by atoms with E-state index in [0.29, 0.717) is 23.5 Å². The van der Waals surface area contributed by atoms with Gasteiger partial charge in [-0.15, -0.1) is 0 Å². The molecule has 0 amide bonds. The fraction of sp³-hybridized carbons (Fsp3) is 0.255. The Labute approximate surface area is 321 Å². The molecule has 282 valence electrons. The second-order valence-corrected chi connectivity index (χ2v) is 14.4. The average Bonchev–Trinajstić information content (AvgIpc) is 3.72. The number of hydrogen-bond acceptors (Lipinski definition) is 7. The predicted molar refractivity (Wildman–Crippen MR) is 214 cm³/mol. The van der Waals surface area contributed by atoms with Crippen LogP contribution in [0.5, 0.6) is 28.7 Å². The summed E-state index contributed by atoms with van der Waals surface area (Å²) in [5.41, 5.74) is 6.39. The van der Waals surface area contributed by atoms with Crippen LogP contribution in [0.1, 0.15) is 70.0 Å². The summed E-state index contributed by atoms with van der Waals surface area (Å²) in [5.74, 6) is -1.21. The Bertz CT molecular complexity index is 2330. The minimum Gasteiger partial charge on any atom is -0.670 e. The number of ether oxygens (including phenoxy) is 2. The van der Waals surface area contributed by atoms with Crippen LogP contribution in [0.25, 0.3) is 10.8 Å². The number of methoxy groups -OCH3 is 2. The first-order valence-electron chi connectivity index (χ1n) is 18.7. The van der Waals surface area contributed by atoms with Gasteiger partial charge in [-0.05, 0) is 94.1 Å². The molecule has 8 heteroatoms. The second kappa shape index (κ2) is 16.2. The number of aromatic nitrogens is 1. The van der Waals surface area contributed by atoms with E-state index in [2.05, 4.69) is 48.3 Å². The van der Waals surface area contributed by atoms with Gasteiger partial charge in [-0.25, -0.2) is 0 Å². The third-order valence-corrected chi connectivity index (χ3v) is 11.1. The van der Waals surface area contributed by atoms with Crippen molar-refractivity contribution in [3.8, 4) is 28.7 Å². The highest BCUT2D eigenvalue weighted by Gasteiger charge is 2.38. The van der Waals surface area contributed by atoms with Crippen molar-refractivity contribution in [3.63, 3.8) is 0 Å². The summed E-state index contributed by atoms with van der Waals surface area (Å²) in [6, 6.07) is 29.7. The fourth-order valence-corrected chi connectivity index (χ4v) is 8.45. The number of aryl methyl sites for hydroxylation is 1. The molecule has 0 saturated carbocycles. The van der Waals surface area contributed by atoms with E-state index >= 15 is 0 Å². The first-order valence-corrected chi connectivity index (χ1v) is 18.7. The Morgan fingerprint density at radius 1 is 0.800 bits per heavy atom. The third-order valence-electron chi connectivity index (χ3n) is 11.1. The zero-order valence-corrected chi connectivity index (χ0v) is 31.2. The number of Topliss-reactive ketones (excluding diaryl/α,β-unsaturated/α-hetero) is 1. The summed E-state index contributed by atoms with van der Waals surface area (Å²) in [6.07, 6.45) is 8.10. The molecule has 7 rings (SSSR count). The number of allylic oxidation sites excluding steroid dienone is 2. The first kappa shape index (κ1) is 37.3. The van der Waals surface area contributed by atoms with E-state index in [-0.39, 0.29) is 47.7 Å². The Morgan fingerprint density at radius 3 is 2.36 bits per heavy atom. The smallest absolute Gasteiger partial charge is 0.164 e. The lowest BCUT2D eigenvalue weighted by Crippen LogP contribution is -2.33. The number of ketones is 1. The van der Waals surface area contributed by atoms with Crippen molar-refractivity contribution >= 4 is 16.6 Å². The SMILES string of the molecule is CCc1ccc2ccccc2c1[C@@H]1C=C[C@H]([C@H](Cc2cc[n-]c2)[C@H](O)CC(=O)[C@H](Cc2ccc(O)c(OC)c2)c2cccc(O)c2)c2ccc(O)c(OC)c21. The molecular weight excluding hydrogens is 691 g/mol. The van der Waals surface area contributed by atoms with Crippen molar-refractivity contribution in [1.29, 1.82) is 0 Å². The lowest BCUT2D eigenvalue weighted by molar-refractivity contribution is -0.123. The number of aromatic hydroxyl groups is 3. The van der Waals surface area contributed by atoms with Crippen LogP contribution in [0.2, 0.25) is 0 Å². The lowest BCUT2D eigenvalue weighted by Gasteiger charge is -2.36. The Balaban J connectivity index is 1.29. The second-order valence-electron chi connectivity index (χ2n) is 14.4. The van der Waals surface area contributed by atoms with Gasteiger partial charge in [0.2, 0.25) is 0 Å². The molecule has 0 unspecified atom stereocenters. The molecule has 0 spiro atoms. The number of phenols is 3. The molecule has 1 aliphatic carbocycles. The number of aliphatic hydroxyl groups excluding tert-OH is 1. The van der Waals surface area contributed by atoms with Gasteiger partial charge in [0.15, 0.2) is 23.0 Å². The normalized spacial score (nSPS) is 16.7. The van der Waals surface area contributed by atoms with Gasteiger partial charge in [-0.2, -0.15) is 12.4 Å². The van der Waals surface area contributed by atoms with Crippen LogP contribution in [-0.2, 0) is 24.1 Å². The molecule has 6 aromatic rings. The highest BCUT2D eigenvalue weighted by molar-refractivity contribution is 5.89. The minimum atomic E-state index is -1.08. The third kappa shape index (κ3) is 7.55. The largest absolute Gasteiger partial charge is 0.670 e. The van der Waals surface area contributed by atoms with E-state index in [1.165, 1.54) is 18.7 Å². The summed E-state index contributed by atoms with van der Waals surface area (Å²) in [4.78, 5) is 18.8. The summed E-state index contributed by atoms with van der Waals surface area (Å²) >= 11 is 0. The lowest BCUT2D eigenvalue weighted by atomic mass is 9.69. The van der Waals surface area contributed by atoms with Gasteiger partial charge in [-0.3, -0.25) is 4.79 Å². The predicted octanol–water partition coefficient (Wildman–Crippen LogP) is 8.48. The molecule has 5 aromatic carbocycles. The zero-order chi connectivity index (χ0) is 38.6. The number of rotatable bonds is 14. The molecule has 0 fully saturated rings. The number of fused-ring (bicyclic) bond motifs is 2. The molecule has 1 aromatic heterocycles. The zero-order valence-electron chi connectivity index (χ0n) is 31.2. The maximum absolute atomic E-state index is 14.5. The van der Waals surface area contributed by atoms with Gasteiger partial charge < -0.3 is 34.9 Å². The van der Waals surface area contributed by atoms with E-state index < -0.39 is 17.9 Å². The van der Waals surface area contributed by atoms with Crippen molar-refractivity contribution in [3.05, 3.63) is 161 Å². The maximum atomic E-state index is 14.5. The molecule has 0 radical (unpaired) electrons. The number of carbonyl (C=O) groups excluding carboxylic acids is 1. The summed E-state index contributed by atoms with van der Waals surface area (Å²) in [7, 11) is 3.03. The molecular formula is C47H46NO7-. The molecule has 8 nitrogen and oxygen atoms in total. The van der Waals surface area contributed by atoms with Crippen LogP contribution in [-0.4, -0.2) is 46.5 Å². The van der Waals surface area contributed by atoms with Crippen LogP contribution in [0.3, 0.4) is 0 Å². The van der Waals surface area contributed by atoms with E-state index in [4.69, 9.17) is 9.47 Å². The van der Waals surface area contributed by atoms with E-state index in [1.54, 1.807) is 62.0 Å². The number of hydrogen-bond donors (Lipinski definition) is 4. The van der Waals surface area contributed by atoms with Gasteiger partial charge >= 0.3 is 0 Å². The molecule has 55 heavy (non-hydrogen) atoms. The van der Waals surface area contributed by atoms with Crippen molar-refractivity contribution in [1.82, 2.24) is 4.98 Å². The summed E-state index contributed by atoms with van der Waals surface area (Å²) in [5, 5.41) is 46.4. The number of carbonyl (C=O) groups is 1. The maximum Gasteiger partial charge on any atom is 0.164 e. The molecule has 0 bridgehead atoms. The molecule has 5 atom stereocenters. The van der Waals surface area contributed by atoms with Crippen LogP contribution < -0.4 is 14.5 Å². The van der Waals surface area contributed by atoms with Crippen molar-refractivity contribution in [2.24, 2.45) is 5.92 Å². The monoisotopic (exact) mass is 736 g/mol. The highest BCUT2D eigenvalue weighted by atomic mass is 16.5. The fourth-order valence-electron chi connectivity index (χ4n) is 8.45. The van der Waals surface area contributed by atoms with Gasteiger partial charge in [0.25, 0.3) is 0 Å². The van der Waals surface area contributed by atoms with Crippen molar-refractivity contribution < 1.29 is 34.7 Å². The van der Waals surface area contributed by atoms with Gasteiger partial charge in [0.05, 0.1) is 20.3 Å². The highest BCUT2D eigenvalue weighted by Crippen LogP contribution is 2.51. The minimum absolute atomic E-state index is 0.00822. The first-order chi connectivity index (χ1) is 26.7. The van der Waals surface area contributed by atoms with E-state index in [0.717, 1.165) is 45.0 Å². The van der Waals surface area contributed by atoms with Crippen LogP contribution >= 0.6 is 0 Å². The van der Waals surface area contributed by atoms with E-state index in [9.17, 15) is 25.2 Å². The van der Waals surface area contributed by atoms with Crippen LogP contribution in [0.15, 0.2) is 122 Å². The molecule has 4 N–H and O–H groups in total. The van der Waals surface area contributed by atoms with E-state index in [1.807, 2.05) is 24.3 Å². The molecule has 0 saturated heterocycles. The Hall–Kier alpha value is -5.99. The summed E-state index contributed by atoms with van der Waals surface area (Å²) < 4.78 is 11.3. The summed E-state index contributed by atoms with van der Waals surface area (Å²) in [6.45, 7) is 2.14. The van der Waals surface area contributed by atoms with Crippen LogP contribution in [0.4, 0.5) is 0 Å². The Kier molecular flexibility index (Phi) is 11.0. The average molecular weight is 737 g/mol. The van der Waals surface area contributed by atoms with Crippen molar-refractivity contribution in [2.45, 2.75) is 56.5 Å². The van der Waals surface area contributed by atoms with Gasteiger partial charge in [0.1, 0.15) is 11.5 Å². The molecule has 1 heterocycles. The van der Waals surface area contributed by atoms with Crippen LogP contribution in [0, 0.1) is 5.92 Å². The van der Waals surface area contributed by atoms with Gasteiger partial charge in [-0.1, -0.05) is 91.4 Å². The number of nitrogens with zero attached hydrogens (tertiary/aromatic N) is 1. The van der Waals surface area contributed by atoms with Gasteiger partial charge in [0, 0.05) is 29.7 Å². The quantitative estimate of drug-likeness (QED) is 0.0820. The standard InChI is InChI=1S/C47H46NO7/c1-4-30-13-14-31-8-5-6-11-34(31)45(30)37-16-15-35(36-17-19-41(51)47(55-3)46(36)37)39(23-29-20-21-48-27-29)43(53)26-42(52)38(32-9-7-10-33(49)25-32)22-28-12-18-40(50)44(24-28)54-2/h5-21,24-25,27,35,37-39,43,49-51,53H,4,22-23,26H2,1-3H3/q-1/t35-,37-,38+,39-,43+/m0/s1. The topological polar surface area (TPSA) is 131 Å². The number of benzene rings is 5. The van der Waals surface area contributed by atoms with Crippen molar-refractivity contribution in [2.75, 3.05) is 14.2 Å². The molecule has 0 aliphatic heterocycles.